The minimum atomic E-state index is -0.201. The van der Waals surface area contributed by atoms with E-state index in [0.717, 1.165) is 18.6 Å². The predicted octanol–water partition coefficient (Wildman–Crippen LogP) is 5.34. The molecule has 1 rings (SSSR count). The molecule has 1 aromatic carbocycles. The Morgan fingerprint density at radius 1 is 1.05 bits per heavy atom. The summed E-state index contributed by atoms with van der Waals surface area (Å²) in [7, 11) is 0. The maximum absolute atomic E-state index is 5.81. The van der Waals surface area contributed by atoms with Crippen LogP contribution < -0.4 is 4.89 Å². The molecule has 0 aromatic heterocycles. The second kappa shape index (κ2) is 6.95. The fourth-order valence-electron chi connectivity index (χ4n) is 2.34. The Morgan fingerprint density at radius 3 is 2.16 bits per heavy atom. The molecular formula is C17H28O2. The Bertz CT molecular complexity index is 379. The smallest absolute Gasteiger partial charge is 0.165 e. The minimum absolute atomic E-state index is 0.201. The van der Waals surface area contributed by atoms with Crippen LogP contribution in [0.15, 0.2) is 24.3 Å². The van der Waals surface area contributed by atoms with Gasteiger partial charge in [0, 0.05) is 0 Å². The van der Waals surface area contributed by atoms with Gasteiger partial charge in [0.1, 0.15) is 5.60 Å². The van der Waals surface area contributed by atoms with E-state index in [9.17, 15) is 0 Å². The first kappa shape index (κ1) is 16.0. The van der Waals surface area contributed by atoms with E-state index in [1.165, 1.54) is 5.56 Å². The number of hydrogen-bond donors (Lipinski definition) is 0. The first-order chi connectivity index (χ1) is 8.95. The molecule has 0 radical (unpaired) electrons. The van der Waals surface area contributed by atoms with Gasteiger partial charge in [0.05, 0.1) is 0 Å². The molecule has 0 bridgehead atoms. The normalized spacial score (nSPS) is 12.2. The molecule has 0 atom stereocenters. The SMILES string of the molecule is CCC(CC)(OOc1cccc(C(C)C)c1)C(C)C. The number of hydrogen-bond acceptors (Lipinski definition) is 2. The van der Waals surface area contributed by atoms with Gasteiger partial charge in [-0.05, 0) is 42.4 Å². The van der Waals surface area contributed by atoms with Crippen LogP contribution in [-0.4, -0.2) is 5.60 Å². The van der Waals surface area contributed by atoms with Crippen molar-refractivity contribution in [2.45, 2.75) is 65.9 Å². The van der Waals surface area contributed by atoms with Gasteiger partial charge in [-0.25, -0.2) is 0 Å². The second-order valence-corrected chi connectivity index (χ2v) is 5.82. The number of benzene rings is 1. The van der Waals surface area contributed by atoms with Crippen molar-refractivity contribution >= 4 is 0 Å². The maximum Gasteiger partial charge on any atom is 0.165 e. The molecule has 2 heteroatoms. The molecule has 0 aliphatic rings. The highest BCUT2D eigenvalue weighted by atomic mass is 17.2. The Balaban J connectivity index is 2.77. The van der Waals surface area contributed by atoms with Gasteiger partial charge in [0.2, 0.25) is 0 Å². The van der Waals surface area contributed by atoms with Crippen molar-refractivity contribution in [3.05, 3.63) is 29.8 Å². The highest BCUT2D eigenvalue weighted by molar-refractivity contribution is 5.29. The quantitative estimate of drug-likeness (QED) is 0.489. The summed E-state index contributed by atoms with van der Waals surface area (Å²) >= 11 is 0. The van der Waals surface area contributed by atoms with Gasteiger partial charge in [-0.1, -0.05) is 53.7 Å². The fraction of sp³-hybridized carbons (Fsp3) is 0.647. The van der Waals surface area contributed by atoms with Crippen LogP contribution in [0.4, 0.5) is 0 Å². The topological polar surface area (TPSA) is 18.5 Å². The Hall–Kier alpha value is -1.02. The van der Waals surface area contributed by atoms with Crippen LogP contribution in [0.3, 0.4) is 0 Å². The molecule has 108 valence electrons. The molecule has 0 N–H and O–H groups in total. The maximum atomic E-state index is 5.81. The largest absolute Gasteiger partial charge is 0.337 e. The third kappa shape index (κ3) is 3.97. The van der Waals surface area contributed by atoms with Gasteiger partial charge in [-0.15, -0.1) is 0 Å². The lowest BCUT2D eigenvalue weighted by molar-refractivity contribution is -0.307. The summed E-state index contributed by atoms with van der Waals surface area (Å²) in [6.45, 7) is 13.0. The fourth-order valence-corrected chi connectivity index (χ4v) is 2.34. The molecule has 19 heavy (non-hydrogen) atoms. The summed E-state index contributed by atoms with van der Waals surface area (Å²) in [6.07, 6.45) is 1.90. The van der Waals surface area contributed by atoms with E-state index in [1.54, 1.807) is 0 Å². The zero-order chi connectivity index (χ0) is 14.5. The zero-order valence-electron chi connectivity index (χ0n) is 13.2. The van der Waals surface area contributed by atoms with Crippen LogP contribution in [0, 0.1) is 5.92 Å². The zero-order valence-corrected chi connectivity index (χ0v) is 13.2. The van der Waals surface area contributed by atoms with E-state index in [0.29, 0.717) is 11.8 Å². The lowest BCUT2D eigenvalue weighted by Gasteiger charge is -2.33. The van der Waals surface area contributed by atoms with Crippen LogP contribution >= 0.6 is 0 Å². The average Bonchev–Trinajstić information content (AvgIpc) is 2.40. The van der Waals surface area contributed by atoms with Crippen LogP contribution in [0.5, 0.6) is 5.75 Å². The van der Waals surface area contributed by atoms with Crippen molar-refractivity contribution < 1.29 is 9.78 Å². The van der Waals surface area contributed by atoms with Crippen molar-refractivity contribution in [1.29, 1.82) is 0 Å². The van der Waals surface area contributed by atoms with Crippen molar-refractivity contribution in [3.63, 3.8) is 0 Å². The molecule has 0 saturated carbocycles. The summed E-state index contributed by atoms with van der Waals surface area (Å²) in [5.74, 6) is 1.71. The van der Waals surface area contributed by atoms with Crippen LogP contribution in [0.2, 0.25) is 0 Å². The molecule has 0 aliphatic heterocycles. The Morgan fingerprint density at radius 2 is 1.68 bits per heavy atom. The summed E-state index contributed by atoms with van der Waals surface area (Å²) in [4.78, 5) is 11.4. The lowest BCUT2D eigenvalue weighted by Crippen LogP contribution is -2.38. The van der Waals surface area contributed by atoms with Gasteiger partial charge < -0.3 is 4.89 Å². The molecule has 1 aromatic rings. The predicted molar refractivity (Wildman–Crippen MR) is 80.4 cm³/mol. The molecule has 0 aliphatic carbocycles. The van der Waals surface area contributed by atoms with Gasteiger partial charge in [-0.2, -0.15) is 4.89 Å². The average molecular weight is 264 g/mol. The molecule has 0 unspecified atom stereocenters. The molecule has 0 amide bonds. The minimum Gasteiger partial charge on any atom is -0.337 e. The Labute approximate surface area is 118 Å². The Kier molecular flexibility index (Phi) is 5.86. The van der Waals surface area contributed by atoms with Crippen molar-refractivity contribution in [2.75, 3.05) is 0 Å². The molecule has 2 nitrogen and oxygen atoms in total. The molecule has 0 fully saturated rings. The van der Waals surface area contributed by atoms with Crippen molar-refractivity contribution in [2.24, 2.45) is 5.92 Å². The number of rotatable bonds is 7. The van der Waals surface area contributed by atoms with Crippen LogP contribution in [-0.2, 0) is 4.89 Å². The van der Waals surface area contributed by atoms with E-state index in [-0.39, 0.29) is 5.60 Å². The van der Waals surface area contributed by atoms with Gasteiger partial charge >= 0.3 is 0 Å². The summed E-state index contributed by atoms with van der Waals surface area (Å²) in [6, 6.07) is 8.14. The highest BCUT2D eigenvalue weighted by Crippen LogP contribution is 2.31. The summed E-state index contributed by atoms with van der Waals surface area (Å²) in [5.41, 5.74) is 1.07. The van der Waals surface area contributed by atoms with Crippen molar-refractivity contribution in [1.82, 2.24) is 0 Å². The van der Waals surface area contributed by atoms with E-state index in [1.807, 2.05) is 12.1 Å². The summed E-state index contributed by atoms with van der Waals surface area (Å²) < 4.78 is 0. The third-order valence-electron chi connectivity index (χ3n) is 4.08. The van der Waals surface area contributed by atoms with E-state index < -0.39 is 0 Å². The van der Waals surface area contributed by atoms with Crippen LogP contribution in [0.1, 0.15) is 65.9 Å². The van der Waals surface area contributed by atoms with Gasteiger partial charge in [0.25, 0.3) is 0 Å². The van der Waals surface area contributed by atoms with E-state index >= 15 is 0 Å². The molecular weight excluding hydrogens is 236 g/mol. The second-order valence-electron chi connectivity index (χ2n) is 5.82. The van der Waals surface area contributed by atoms with Crippen molar-refractivity contribution in [3.8, 4) is 5.75 Å². The first-order valence-corrected chi connectivity index (χ1v) is 7.40. The third-order valence-corrected chi connectivity index (χ3v) is 4.08. The van der Waals surface area contributed by atoms with E-state index in [2.05, 4.69) is 53.7 Å². The lowest BCUT2D eigenvalue weighted by atomic mass is 9.85. The van der Waals surface area contributed by atoms with Gasteiger partial charge in [-0.3, -0.25) is 0 Å². The first-order valence-electron chi connectivity index (χ1n) is 7.40. The molecule has 0 saturated heterocycles. The van der Waals surface area contributed by atoms with Crippen LogP contribution in [0.25, 0.3) is 0 Å². The summed E-state index contributed by atoms with van der Waals surface area (Å²) in [5, 5.41) is 0. The highest BCUT2D eigenvalue weighted by Gasteiger charge is 2.33. The van der Waals surface area contributed by atoms with Gasteiger partial charge in [0.15, 0.2) is 5.75 Å². The standard InChI is InChI=1S/C17H28O2/c1-7-17(8-2,14(5)6)19-18-16-11-9-10-15(12-16)13(3)4/h9-14H,7-8H2,1-6H3. The molecule has 0 heterocycles. The van der Waals surface area contributed by atoms with E-state index in [4.69, 9.17) is 9.78 Å². The monoisotopic (exact) mass is 264 g/mol. The molecule has 0 spiro atoms.